The second-order valence-electron chi connectivity index (χ2n) is 4.48. The molecular weight excluding hydrogens is 314 g/mol. The van der Waals surface area contributed by atoms with Gasteiger partial charge in [0.15, 0.2) is 6.61 Å². The van der Waals surface area contributed by atoms with Crippen LogP contribution in [0.4, 0.5) is 0 Å². The van der Waals surface area contributed by atoms with Crippen LogP contribution in [0.25, 0.3) is 0 Å². The predicted molar refractivity (Wildman–Crippen MR) is 72.3 cm³/mol. The quantitative estimate of drug-likeness (QED) is 0.838. The number of carboxylic acid groups (broad SMARTS) is 1. The molecule has 102 valence electrons. The predicted octanol–water partition coefficient (Wildman–Crippen LogP) is 2.05. The third-order valence-corrected chi connectivity index (χ3v) is 3.51. The van der Waals surface area contributed by atoms with Gasteiger partial charge < -0.3 is 15.2 Å². The van der Waals surface area contributed by atoms with Crippen molar-refractivity contribution in [3.05, 3.63) is 28.2 Å². The Hall–Kier alpha value is -1.56. The Morgan fingerprint density at radius 3 is 2.79 bits per heavy atom. The van der Waals surface area contributed by atoms with E-state index < -0.39 is 5.97 Å². The van der Waals surface area contributed by atoms with Crippen LogP contribution in [-0.2, 0) is 4.79 Å². The molecule has 2 N–H and O–H groups in total. The first kappa shape index (κ1) is 13.9. The van der Waals surface area contributed by atoms with Gasteiger partial charge in [-0.15, -0.1) is 0 Å². The number of hydrogen-bond donors (Lipinski definition) is 2. The van der Waals surface area contributed by atoms with Crippen LogP contribution < -0.4 is 10.1 Å². The highest BCUT2D eigenvalue weighted by molar-refractivity contribution is 9.10. The minimum atomic E-state index is -1.05. The van der Waals surface area contributed by atoms with E-state index in [1.165, 1.54) is 18.9 Å². The first-order valence-corrected chi connectivity index (χ1v) is 6.78. The monoisotopic (exact) mass is 327 g/mol. The van der Waals surface area contributed by atoms with Gasteiger partial charge in [-0.1, -0.05) is 0 Å². The number of benzene rings is 1. The van der Waals surface area contributed by atoms with Gasteiger partial charge in [0.05, 0.1) is 5.56 Å². The summed E-state index contributed by atoms with van der Waals surface area (Å²) in [4.78, 5) is 22.4. The fourth-order valence-corrected chi connectivity index (χ4v) is 1.95. The third-order valence-electron chi connectivity index (χ3n) is 2.82. The summed E-state index contributed by atoms with van der Waals surface area (Å²) in [5.74, 6) is -0.250. The molecule has 0 radical (unpaired) electrons. The molecule has 1 saturated carbocycles. The summed E-state index contributed by atoms with van der Waals surface area (Å²) >= 11 is 3.14. The number of rotatable bonds is 6. The van der Waals surface area contributed by atoms with E-state index in [0.29, 0.717) is 22.7 Å². The fraction of sp³-hybridized carbons (Fsp3) is 0.385. The number of amides is 1. The molecule has 1 amide bonds. The average Bonchev–Trinajstić information content (AvgIpc) is 3.19. The van der Waals surface area contributed by atoms with E-state index in [-0.39, 0.29) is 18.1 Å². The topological polar surface area (TPSA) is 75.6 Å². The Balaban J connectivity index is 1.86. The molecule has 1 aromatic carbocycles. The third kappa shape index (κ3) is 4.24. The number of hydrogen-bond acceptors (Lipinski definition) is 3. The van der Waals surface area contributed by atoms with E-state index in [2.05, 4.69) is 21.2 Å². The SMILES string of the molecule is O=C(COc1ccc(Br)c(C(=O)O)c1)NCC1CC1. The maximum absolute atomic E-state index is 11.5. The van der Waals surface area contributed by atoms with Gasteiger partial charge in [-0.25, -0.2) is 4.79 Å². The Kier molecular flexibility index (Phi) is 4.42. The van der Waals surface area contributed by atoms with Crippen LogP contribution in [-0.4, -0.2) is 30.1 Å². The number of carbonyl (C=O) groups excluding carboxylic acids is 1. The van der Waals surface area contributed by atoms with Crippen molar-refractivity contribution in [2.45, 2.75) is 12.8 Å². The molecule has 0 bridgehead atoms. The second kappa shape index (κ2) is 6.06. The molecule has 0 spiro atoms. The van der Waals surface area contributed by atoms with Gasteiger partial charge in [0.1, 0.15) is 5.75 Å². The summed E-state index contributed by atoms with van der Waals surface area (Å²) in [6.07, 6.45) is 2.35. The number of nitrogens with one attached hydrogen (secondary N) is 1. The lowest BCUT2D eigenvalue weighted by Crippen LogP contribution is -2.30. The van der Waals surface area contributed by atoms with Crippen LogP contribution in [0.3, 0.4) is 0 Å². The maximum atomic E-state index is 11.5. The van der Waals surface area contributed by atoms with E-state index in [1.54, 1.807) is 12.1 Å². The summed E-state index contributed by atoms with van der Waals surface area (Å²) < 4.78 is 5.75. The molecule has 0 aliphatic heterocycles. The Bertz CT molecular complexity index is 499. The van der Waals surface area contributed by atoms with Crippen molar-refractivity contribution in [3.8, 4) is 5.75 Å². The summed E-state index contributed by atoms with van der Waals surface area (Å²) in [7, 11) is 0. The van der Waals surface area contributed by atoms with Crippen molar-refractivity contribution in [2.75, 3.05) is 13.2 Å². The number of halogens is 1. The molecule has 1 fully saturated rings. The van der Waals surface area contributed by atoms with Crippen LogP contribution in [0, 0.1) is 5.92 Å². The molecule has 1 aliphatic carbocycles. The molecule has 0 heterocycles. The number of carboxylic acids is 1. The smallest absolute Gasteiger partial charge is 0.336 e. The molecule has 0 aromatic heterocycles. The fourth-order valence-electron chi connectivity index (χ4n) is 1.54. The van der Waals surface area contributed by atoms with Crippen LogP contribution in [0.1, 0.15) is 23.2 Å². The average molecular weight is 328 g/mol. The van der Waals surface area contributed by atoms with Crippen molar-refractivity contribution >= 4 is 27.8 Å². The standard InChI is InChI=1S/C13H14BrNO4/c14-11-4-3-9(5-10(11)13(17)18)19-7-12(16)15-6-8-1-2-8/h3-5,8H,1-2,6-7H2,(H,15,16)(H,17,18). The minimum Gasteiger partial charge on any atom is -0.484 e. The summed E-state index contributed by atoms with van der Waals surface area (Å²) in [5, 5.41) is 11.7. The van der Waals surface area contributed by atoms with Gasteiger partial charge in [0, 0.05) is 11.0 Å². The maximum Gasteiger partial charge on any atom is 0.336 e. The van der Waals surface area contributed by atoms with Crippen molar-refractivity contribution in [1.82, 2.24) is 5.32 Å². The summed E-state index contributed by atoms with van der Waals surface area (Å²) in [6.45, 7) is 0.594. The summed E-state index contributed by atoms with van der Waals surface area (Å²) in [6, 6.07) is 4.59. The molecule has 1 aliphatic rings. The lowest BCUT2D eigenvalue weighted by molar-refractivity contribution is -0.123. The van der Waals surface area contributed by atoms with Crippen LogP contribution >= 0.6 is 15.9 Å². The Labute approximate surface area is 119 Å². The van der Waals surface area contributed by atoms with Crippen molar-refractivity contribution in [1.29, 1.82) is 0 Å². The van der Waals surface area contributed by atoms with Crippen LogP contribution in [0.15, 0.2) is 22.7 Å². The van der Waals surface area contributed by atoms with E-state index >= 15 is 0 Å². The van der Waals surface area contributed by atoms with E-state index in [9.17, 15) is 9.59 Å². The molecule has 0 atom stereocenters. The minimum absolute atomic E-state index is 0.104. The zero-order valence-electron chi connectivity index (χ0n) is 10.2. The van der Waals surface area contributed by atoms with Crippen LogP contribution in [0.5, 0.6) is 5.75 Å². The molecule has 6 heteroatoms. The Morgan fingerprint density at radius 2 is 2.16 bits per heavy atom. The van der Waals surface area contributed by atoms with Crippen molar-refractivity contribution < 1.29 is 19.4 Å². The normalized spacial score (nSPS) is 13.9. The first-order chi connectivity index (χ1) is 9.06. The highest BCUT2D eigenvalue weighted by Gasteiger charge is 2.21. The largest absolute Gasteiger partial charge is 0.484 e. The first-order valence-electron chi connectivity index (χ1n) is 5.98. The van der Waals surface area contributed by atoms with Gasteiger partial charge in [-0.3, -0.25) is 4.79 Å². The molecule has 0 unspecified atom stereocenters. The van der Waals surface area contributed by atoms with Crippen molar-refractivity contribution in [3.63, 3.8) is 0 Å². The molecule has 5 nitrogen and oxygen atoms in total. The van der Waals surface area contributed by atoms with Gasteiger partial charge in [0.2, 0.25) is 0 Å². The van der Waals surface area contributed by atoms with Gasteiger partial charge >= 0.3 is 5.97 Å². The van der Waals surface area contributed by atoms with Gasteiger partial charge in [0.25, 0.3) is 5.91 Å². The van der Waals surface area contributed by atoms with E-state index in [4.69, 9.17) is 9.84 Å². The zero-order chi connectivity index (χ0) is 13.8. The highest BCUT2D eigenvalue weighted by atomic mass is 79.9. The molecule has 0 saturated heterocycles. The number of ether oxygens (including phenoxy) is 1. The molecule has 1 aromatic rings. The van der Waals surface area contributed by atoms with Gasteiger partial charge in [-0.05, 0) is 52.9 Å². The second-order valence-corrected chi connectivity index (χ2v) is 5.34. The van der Waals surface area contributed by atoms with Crippen LogP contribution in [0.2, 0.25) is 0 Å². The number of carbonyl (C=O) groups is 2. The molecule has 2 rings (SSSR count). The van der Waals surface area contributed by atoms with E-state index in [1.807, 2.05) is 0 Å². The number of aromatic carboxylic acids is 1. The highest BCUT2D eigenvalue weighted by Crippen LogP contribution is 2.27. The lowest BCUT2D eigenvalue weighted by Gasteiger charge is -2.08. The molecular formula is C13H14BrNO4. The Morgan fingerprint density at radius 1 is 1.42 bits per heavy atom. The lowest BCUT2D eigenvalue weighted by atomic mass is 10.2. The summed E-state index contributed by atoms with van der Waals surface area (Å²) in [5.41, 5.74) is 0.107. The van der Waals surface area contributed by atoms with E-state index in [0.717, 1.165) is 0 Å². The van der Waals surface area contributed by atoms with Crippen molar-refractivity contribution in [2.24, 2.45) is 5.92 Å². The molecule has 19 heavy (non-hydrogen) atoms. The zero-order valence-corrected chi connectivity index (χ0v) is 11.8. The van der Waals surface area contributed by atoms with Gasteiger partial charge in [-0.2, -0.15) is 0 Å².